The molecule has 0 spiro atoms. The molecule has 0 saturated carbocycles. The van der Waals surface area contributed by atoms with Gasteiger partial charge < -0.3 is 4.42 Å². The van der Waals surface area contributed by atoms with Gasteiger partial charge in [-0.05, 0) is 54.1 Å². The van der Waals surface area contributed by atoms with Gasteiger partial charge in [0.1, 0.15) is 11.8 Å². The molecule has 30 heavy (non-hydrogen) atoms. The molecule has 0 aliphatic carbocycles. The molecule has 0 radical (unpaired) electrons. The van der Waals surface area contributed by atoms with E-state index in [0.29, 0.717) is 39.7 Å². The first-order valence-corrected chi connectivity index (χ1v) is 11.4. The minimum atomic E-state index is -3.41. The Kier molecular flexibility index (Phi) is 5.36. The summed E-state index contributed by atoms with van der Waals surface area (Å²) >= 11 is 5.93. The average Bonchev–Trinajstić information content (AvgIpc) is 3.37. The largest absolute Gasteiger partial charge is 0.467 e. The second-order valence-corrected chi connectivity index (χ2v) is 9.08. The van der Waals surface area contributed by atoms with E-state index in [1.165, 1.54) is 5.01 Å². The van der Waals surface area contributed by atoms with Crippen molar-refractivity contribution in [2.45, 2.75) is 12.5 Å². The van der Waals surface area contributed by atoms with E-state index in [2.05, 4.69) is 9.82 Å². The van der Waals surface area contributed by atoms with Gasteiger partial charge in [0, 0.05) is 22.7 Å². The van der Waals surface area contributed by atoms with Crippen LogP contribution < -0.4 is 4.72 Å². The molecule has 7 nitrogen and oxygen atoms in total. The maximum absolute atomic E-state index is 13.1. The zero-order valence-corrected chi connectivity index (χ0v) is 17.5. The Balaban J connectivity index is 1.69. The van der Waals surface area contributed by atoms with E-state index in [1.54, 1.807) is 60.9 Å². The van der Waals surface area contributed by atoms with Crippen LogP contribution in [-0.4, -0.2) is 31.3 Å². The molecule has 9 heteroatoms. The van der Waals surface area contributed by atoms with Crippen LogP contribution in [0.1, 0.15) is 34.1 Å². The van der Waals surface area contributed by atoms with Crippen molar-refractivity contribution in [2.24, 2.45) is 5.10 Å². The minimum absolute atomic E-state index is 0.284. The smallest absolute Gasteiger partial charge is 0.274 e. The number of anilines is 1. The Labute approximate surface area is 179 Å². The summed E-state index contributed by atoms with van der Waals surface area (Å²) < 4.78 is 31.1. The van der Waals surface area contributed by atoms with Gasteiger partial charge in [0.15, 0.2) is 0 Å². The van der Waals surface area contributed by atoms with Crippen LogP contribution in [0.4, 0.5) is 5.69 Å². The predicted molar refractivity (Wildman–Crippen MR) is 115 cm³/mol. The number of sulfonamides is 1. The quantitative estimate of drug-likeness (QED) is 0.636. The Bertz CT molecular complexity index is 1210. The van der Waals surface area contributed by atoms with Crippen molar-refractivity contribution in [1.82, 2.24) is 5.01 Å². The van der Waals surface area contributed by atoms with Crippen molar-refractivity contribution in [3.63, 3.8) is 0 Å². The van der Waals surface area contributed by atoms with E-state index >= 15 is 0 Å². The third-order valence-electron chi connectivity index (χ3n) is 4.58. The van der Waals surface area contributed by atoms with Crippen molar-refractivity contribution < 1.29 is 17.6 Å². The number of carbonyl (C=O) groups excluding carboxylic acids is 1. The number of rotatable bonds is 5. The third-order valence-corrected chi connectivity index (χ3v) is 5.44. The SMILES string of the molecule is CS(=O)(=O)Nc1cccc(C2=NN(C(=O)c3ccc(Cl)cc3)C(c3ccco3)C2)c1. The molecular weight excluding hydrogens is 426 g/mol. The molecule has 0 fully saturated rings. The molecule has 4 rings (SSSR count). The Morgan fingerprint density at radius 3 is 2.60 bits per heavy atom. The van der Waals surface area contributed by atoms with E-state index in [4.69, 9.17) is 16.0 Å². The van der Waals surface area contributed by atoms with Crippen LogP contribution >= 0.6 is 11.6 Å². The lowest BCUT2D eigenvalue weighted by Gasteiger charge is -2.19. The van der Waals surface area contributed by atoms with Crippen molar-refractivity contribution in [3.05, 3.63) is 88.8 Å². The van der Waals surface area contributed by atoms with Crippen molar-refractivity contribution >= 4 is 38.9 Å². The van der Waals surface area contributed by atoms with Crippen molar-refractivity contribution in [1.29, 1.82) is 0 Å². The molecule has 1 atom stereocenters. The molecule has 154 valence electrons. The summed E-state index contributed by atoms with van der Waals surface area (Å²) in [5, 5.41) is 6.50. The van der Waals surface area contributed by atoms with E-state index in [-0.39, 0.29) is 5.91 Å². The summed E-state index contributed by atoms with van der Waals surface area (Å²) in [6.07, 6.45) is 3.07. The van der Waals surface area contributed by atoms with Gasteiger partial charge in [-0.1, -0.05) is 23.7 Å². The summed E-state index contributed by atoms with van der Waals surface area (Å²) in [5.41, 5.74) is 2.24. The van der Waals surface area contributed by atoms with Gasteiger partial charge in [0.05, 0.1) is 18.2 Å². The third kappa shape index (κ3) is 4.39. The zero-order valence-electron chi connectivity index (χ0n) is 15.9. The minimum Gasteiger partial charge on any atom is -0.467 e. The van der Waals surface area contributed by atoms with E-state index in [0.717, 1.165) is 6.26 Å². The van der Waals surface area contributed by atoms with Crippen LogP contribution in [0.3, 0.4) is 0 Å². The lowest BCUT2D eigenvalue weighted by molar-refractivity contribution is 0.0693. The number of hydrogen-bond acceptors (Lipinski definition) is 5. The van der Waals surface area contributed by atoms with Crippen LogP contribution in [0.5, 0.6) is 0 Å². The van der Waals surface area contributed by atoms with Gasteiger partial charge >= 0.3 is 0 Å². The first-order valence-electron chi connectivity index (χ1n) is 9.08. The summed E-state index contributed by atoms with van der Waals surface area (Å²) in [7, 11) is -3.41. The zero-order chi connectivity index (χ0) is 21.3. The van der Waals surface area contributed by atoms with Crippen LogP contribution in [0, 0.1) is 0 Å². The van der Waals surface area contributed by atoms with Gasteiger partial charge in [-0.25, -0.2) is 13.4 Å². The number of furan rings is 1. The molecular formula is C21H18ClN3O4S. The number of carbonyl (C=O) groups is 1. The monoisotopic (exact) mass is 443 g/mol. The summed E-state index contributed by atoms with van der Waals surface area (Å²) in [4.78, 5) is 13.1. The fourth-order valence-corrected chi connectivity index (χ4v) is 3.96. The number of nitrogens with one attached hydrogen (secondary N) is 1. The summed E-state index contributed by atoms with van der Waals surface area (Å²) in [5.74, 6) is 0.329. The van der Waals surface area contributed by atoms with Crippen LogP contribution in [0.2, 0.25) is 5.02 Å². The molecule has 1 aliphatic heterocycles. The maximum atomic E-state index is 13.1. The van der Waals surface area contributed by atoms with E-state index in [1.807, 2.05) is 6.07 Å². The van der Waals surface area contributed by atoms with Gasteiger partial charge in [-0.2, -0.15) is 5.10 Å². The molecule has 1 unspecified atom stereocenters. The fraction of sp³-hybridized carbons (Fsp3) is 0.143. The summed E-state index contributed by atoms with van der Waals surface area (Å²) in [6.45, 7) is 0. The first kappa shape index (κ1) is 20.2. The molecule has 2 aromatic carbocycles. The fourth-order valence-electron chi connectivity index (χ4n) is 3.28. The van der Waals surface area contributed by atoms with E-state index < -0.39 is 16.1 Å². The standard InChI is InChI=1S/C21H18ClN3O4S/c1-30(27,28)24-17-5-2-4-15(12-17)18-13-19(20-6-3-11-29-20)25(23-18)21(26)14-7-9-16(22)10-8-14/h2-12,19,24H,13H2,1H3. The Morgan fingerprint density at radius 2 is 1.93 bits per heavy atom. The molecule has 1 amide bonds. The molecule has 1 aromatic heterocycles. The number of amides is 1. The molecule has 0 bridgehead atoms. The summed E-state index contributed by atoms with van der Waals surface area (Å²) in [6, 6.07) is 16.6. The van der Waals surface area contributed by atoms with E-state index in [9.17, 15) is 13.2 Å². The second kappa shape index (κ2) is 7.97. The number of hydrazone groups is 1. The molecule has 0 saturated heterocycles. The molecule has 2 heterocycles. The Morgan fingerprint density at radius 1 is 1.17 bits per heavy atom. The Hall–Kier alpha value is -3.10. The average molecular weight is 444 g/mol. The lowest BCUT2D eigenvalue weighted by atomic mass is 10.0. The number of nitrogens with zero attached hydrogens (tertiary/aromatic N) is 2. The van der Waals surface area contributed by atoms with Gasteiger partial charge in [0.25, 0.3) is 5.91 Å². The first-order chi connectivity index (χ1) is 14.3. The predicted octanol–water partition coefficient (Wildman–Crippen LogP) is 4.30. The molecule has 3 aromatic rings. The number of halogens is 1. The van der Waals surface area contributed by atoms with Gasteiger partial charge in [-0.15, -0.1) is 0 Å². The van der Waals surface area contributed by atoms with Gasteiger partial charge in [-0.3, -0.25) is 9.52 Å². The highest BCUT2D eigenvalue weighted by Crippen LogP contribution is 2.34. The van der Waals surface area contributed by atoms with Crippen LogP contribution in [-0.2, 0) is 10.0 Å². The normalized spacial score (nSPS) is 16.4. The topological polar surface area (TPSA) is 92.0 Å². The van der Waals surface area contributed by atoms with Crippen LogP contribution in [0.25, 0.3) is 0 Å². The number of hydrogen-bond donors (Lipinski definition) is 1. The molecule has 1 aliphatic rings. The molecule has 1 N–H and O–H groups in total. The highest BCUT2D eigenvalue weighted by atomic mass is 35.5. The highest BCUT2D eigenvalue weighted by Gasteiger charge is 2.35. The van der Waals surface area contributed by atoms with Gasteiger partial charge in [0.2, 0.25) is 10.0 Å². The maximum Gasteiger partial charge on any atom is 0.274 e. The highest BCUT2D eigenvalue weighted by molar-refractivity contribution is 7.92. The van der Waals surface area contributed by atoms with Crippen LogP contribution in [0.15, 0.2) is 76.4 Å². The number of benzene rings is 2. The second-order valence-electron chi connectivity index (χ2n) is 6.89. The lowest BCUT2D eigenvalue weighted by Crippen LogP contribution is -2.26. The van der Waals surface area contributed by atoms with Crippen molar-refractivity contribution in [3.8, 4) is 0 Å². The van der Waals surface area contributed by atoms with Crippen molar-refractivity contribution in [2.75, 3.05) is 11.0 Å².